The molecule has 1 amide bonds. The second kappa shape index (κ2) is 6.49. The van der Waals surface area contributed by atoms with Gasteiger partial charge in [-0.2, -0.15) is 0 Å². The lowest BCUT2D eigenvalue weighted by Crippen LogP contribution is -2.23. The number of carbonyl (C=O) groups excluding carboxylic acids is 1. The van der Waals surface area contributed by atoms with Crippen molar-refractivity contribution in [3.63, 3.8) is 0 Å². The number of amides is 1. The van der Waals surface area contributed by atoms with Gasteiger partial charge in [0.05, 0.1) is 5.75 Å². The molecule has 112 valence electrons. The molecule has 0 bridgehead atoms. The Morgan fingerprint density at radius 1 is 1.38 bits per heavy atom. The summed E-state index contributed by atoms with van der Waals surface area (Å²) >= 11 is 7.52. The number of rotatable bonds is 4. The molecule has 0 aliphatic rings. The number of hydrogen-bond acceptors (Lipinski definition) is 4. The van der Waals surface area contributed by atoms with E-state index in [1.807, 2.05) is 36.7 Å². The van der Waals surface area contributed by atoms with Crippen LogP contribution >= 0.6 is 23.4 Å². The number of benzene rings is 1. The molecule has 1 heterocycles. The van der Waals surface area contributed by atoms with Crippen molar-refractivity contribution in [1.29, 1.82) is 0 Å². The number of aryl methyl sites for hydroxylation is 1. The zero-order valence-electron chi connectivity index (χ0n) is 12.4. The van der Waals surface area contributed by atoms with Crippen LogP contribution in [0.2, 0.25) is 5.02 Å². The van der Waals surface area contributed by atoms with E-state index >= 15 is 0 Å². The topological polar surface area (TPSA) is 51.0 Å². The van der Waals surface area contributed by atoms with Crippen LogP contribution in [-0.2, 0) is 11.8 Å². The number of halogens is 1. The van der Waals surface area contributed by atoms with Gasteiger partial charge in [-0.05, 0) is 18.6 Å². The quantitative estimate of drug-likeness (QED) is 0.811. The molecule has 1 aromatic heterocycles. The monoisotopic (exact) mass is 324 g/mol. The second-order valence-electron chi connectivity index (χ2n) is 4.91. The number of thioether (sulfide) groups is 1. The highest BCUT2D eigenvalue weighted by Crippen LogP contribution is 2.26. The van der Waals surface area contributed by atoms with Crippen LogP contribution in [0.15, 0.2) is 23.4 Å². The molecule has 0 saturated carbocycles. The van der Waals surface area contributed by atoms with Crippen LogP contribution < -0.4 is 0 Å². The summed E-state index contributed by atoms with van der Waals surface area (Å²) in [5, 5.41) is 9.73. The van der Waals surface area contributed by atoms with Gasteiger partial charge in [-0.15, -0.1) is 10.2 Å². The molecule has 0 spiro atoms. The molecule has 0 atom stereocenters. The van der Waals surface area contributed by atoms with Crippen LogP contribution in [0.4, 0.5) is 0 Å². The van der Waals surface area contributed by atoms with Crippen molar-refractivity contribution in [2.45, 2.75) is 12.1 Å². The second-order valence-corrected chi connectivity index (χ2v) is 6.26. The maximum absolute atomic E-state index is 11.6. The van der Waals surface area contributed by atoms with E-state index in [2.05, 4.69) is 10.2 Å². The van der Waals surface area contributed by atoms with E-state index in [1.165, 1.54) is 11.8 Å². The molecule has 1 aromatic carbocycles. The first-order valence-corrected chi connectivity index (χ1v) is 7.75. The van der Waals surface area contributed by atoms with Crippen LogP contribution in [0, 0.1) is 6.92 Å². The minimum Gasteiger partial charge on any atom is -0.348 e. The Morgan fingerprint density at radius 3 is 2.71 bits per heavy atom. The first-order chi connectivity index (χ1) is 9.90. The van der Waals surface area contributed by atoms with Crippen molar-refractivity contribution in [2.24, 2.45) is 7.05 Å². The molecule has 21 heavy (non-hydrogen) atoms. The Bertz CT molecular complexity index is 669. The third-order valence-corrected chi connectivity index (χ3v) is 4.50. The predicted molar refractivity (Wildman–Crippen MR) is 85.6 cm³/mol. The SMILES string of the molecule is Cc1ccc(-c2nnc(SCC(=O)N(C)C)n2C)cc1Cl. The van der Waals surface area contributed by atoms with Crippen molar-refractivity contribution in [3.8, 4) is 11.4 Å². The van der Waals surface area contributed by atoms with E-state index in [0.717, 1.165) is 17.0 Å². The molecule has 0 saturated heterocycles. The van der Waals surface area contributed by atoms with Gasteiger partial charge in [0.15, 0.2) is 11.0 Å². The Balaban J connectivity index is 2.20. The highest BCUT2D eigenvalue weighted by molar-refractivity contribution is 7.99. The molecule has 2 aromatic rings. The van der Waals surface area contributed by atoms with Crippen LogP contribution in [0.1, 0.15) is 5.56 Å². The molecule has 2 rings (SSSR count). The lowest BCUT2D eigenvalue weighted by molar-refractivity contribution is -0.125. The molecule has 0 fully saturated rings. The van der Waals surface area contributed by atoms with Crippen molar-refractivity contribution in [1.82, 2.24) is 19.7 Å². The summed E-state index contributed by atoms with van der Waals surface area (Å²) in [4.78, 5) is 13.2. The Hall–Kier alpha value is -1.53. The number of aromatic nitrogens is 3. The average molecular weight is 325 g/mol. The fourth-order valence-electron chi connectivity index (χ4n) is 1.68. The van der Waals surface area contributed by atoms with Crippen LogP contribution in [0.3, 0.4) is 0 Å². The maximum atomic E-state index is 11.6. The van der Waals surface area contributed by atoms with Crippen molar-refractivity contribution in [2.75, 3.05) is 19.8 Å². The summed E-state index contributed by atoms with van der Waals surface area (Å²) in [5.41, 5.74) is 1.93. The first kappa shape index (κ1) is 15.9. The molecule has 0 unspecified atom stereocenters. The maximum Gasteiger partial charge on any atom is 0.232 e. The van der Waals surface area contributed by atoms with Gasteiger partial charge in [-0.3, -0.25) is 4.79 Å². The lowest BCUT2D eigenvalue weighted by atomic mass is 10.1. The molecule has 5 nitrogen and oxygen atoms in total. The summed E-state index contributed by atoms with van der Waals surface area (Å²) in [6, 6.07) is 5.79. The van der Waals surface area contributed by atoms with Gasteiger partial charge in [-0.1, -0.05) is 35.5 Å². The molecule has 0 N–H and O–H groups in total. The van der Waals surface area contributed by atoms with Gasteiger partial charge >= 0.3 is 0 Å². The van der Waals surface area contributed by atoms with Crippen molar-refractivity contribution >= 4 is 29.3 Å². The van der Waals surface area contributed by atoms with Crippen LogP contribution in [0.25, 0.3) is 11.4 Å². The van der Waals surface area contributed by atoms with E-state index in [1.54, 1.807) is 19.0 Å². The van der Waals surface area contributed by atoms with E-state index < -0.39 is 0 Å². The standard InChI is InChI=1S/C14H17ClN4OS/c1-9-5-6-10(7-11(9)15)13-16-17-14(19(13)4)21-8-12(20)18(2)3/h5-7H,8H2,1-4H3. The molecule has 0 aliphatic carbocycles. The van der Waals surface area contributed by atoms with E-state index in [0.29, 0.717) is 15.9 Å². The molecule has 7 heteroatoms. The van der Waals surface area contributed by atoms with Crippen LogP contribution in [0.5, 0.6) is 0 Å². The molecule has 0 radical (unpaired) electrons. The molecule has 0 aliphatic heterocycles. The predicted octanol–water partition coefficient (Wildman–Crippen LogP) is 2.62. The van der Waals surface area contributed by atoms with Gasteiger partial charge in [0.1, 0.15) is 0 Å². The lowest BCUT2D eigenvalue weighted by Gasteiger charge is -2.09. The number of hydrogen-bond donors (Lipinski definition) is 0. The average Bonchev–Trinajstić information content (AvgIpc) is 2.80. The minimum absolute atomic E-state index is 0.0444. The summed E-state index contributed by atoms with van der Waals surface area (Å²) in [5.74, 6) is 1.12. The van der Waals surface area contributed by atoms with Gasteiger partial charge in [0.2, 0.25) is 5.91 Å². The summed E-state index contributed by atoms with van der Waals surface area (Å²) in [6.45, 7) is 1.96. The highest BCUT2D eigenvalue weighted by atomic mass is 35.5. The van der Waals surface area contributed by atoms with E-state index in [4.69, 9.17) is 11.6 Å². The highest BCUT2D eigenvalue weighted by Gasteiger charge is 2.14. The Kier molecular flexibility index (Phi) is 4.90. The third kappa shape index (κ3) is 3.57. The van der Waals surface area contributed by atoms with Gasteiger partial charge in [0, 0.05) is 31.7 Å². The van der Waals surface area contributed by atoms with Crippen molar-refractivity contribution in [3.05, 3.63) is 28.8 Å². The Morgan fingerprint density at radius 2 is 2.10 bits per heavy atom. The number of nitrogens with zero attached hydrogens (tertiary/aromatic N) is 4. The number of carbonyl (C=O) groups is 1. The van der Waals surface area contributed by atoms with E-state index in [-0.39, 0.29) is 5.91 Å². The fourth-order valence-corrected chi connectivity index (χ4v) is 2.75. The van der Waals surface area contributed by atoms with Gasteiger partial charge in [-0.25, -0.2) is 0 Å². The first-order valence-electron chi connectivity index (χ1n) is 6.39. The Labute approximate surface area is 133 Å². The molecular formula is C14H17ClN4OS. The summed E-state index contributed by atoms with van der Waals surface area (Å²) < 4.78 is 1.87. The largest absolute Gasteiger partial charge is 0.348 e. The summed E-state index contributed by atoms with van der Waals surface area (Å²) in [7, 11) is 5.35. The normalized spacial score (nSPS) is 10.7. The van der Waals surface area contributed by atoms with E-state index in [9.17, 15) is 4.79 Å². The summed E-state index contributed by atoms with van der Waals surface area (Å²) in [6.07, 6.45) is 0. The smallest absolute Gasteiger partial charge is 0.232 e. The minimum atomic E-state index is 0.0444. The molecular weight excluding hydrogens is 308 g/mol. The fraction of sp³-hybridized carbons (Fsp3) is 0.357. The van der Waals surface area contributed by atoms with Crippen molar-refractivity contribution < 1.29 is 4.79 Å². The van der Waals surface area contributed by atoms with Gasteiger partial charge < -0.3 is 9.47 Å². The van der Waals surface area contributed by atoms with Crippen LogP contribution in [-0.4, -0.2) is 45.4 Å². The zero-order chi connectivity index (χ0) is 15.6. The third-order valence-electron chi connectivity index (χ3n) is 3.09. The van der Waals surface area contributed by atoms with Gasteiger partial charge in [0.25, 0.3) is 0 Å². The zero-order valence-corrected chi connectivity index (χ0v) is 14.0.